The summed E-state index contributed by atoms with van der Waals surface area (Å²) in [5.74, 6) is 6.11. The maximum Gasteiger partial charge on any atom is 0.407 e. The summed E-state index contributed by atoms with van der Waals surface area (Å²) in [6.45, 7) is 3.76. The third kappa shape index (κ3) is 6.59. The van der Waals surface area contributed by atoms with E-state index in [-0.39, 0.29) is 11.8 Å². The van der Waals surface area contributed by atoms with E-state index < -0.39 is 6.09 Å². The Balaban J connectivity index is 1.62. The molecule has 0 unspecified atom stereocenters. The first-order valence-corrected chi connectivity index (χ1v) is 11.2. The molecule has 3 amide bonds. The fourth-order valence-corrected chi connectivity index (χ4v) is 3.59. The molecule has 1 saturated heterocycles. The van der Waals surface area contributed by atoms with E-state index in [9.17, 15) is 14.4 Å². The Morgan fingerprint density at radius 1 is 0.939 bits per heavy atom. The van der Waals surface area contributed by atoms with Gasteiger partial charge in [-0.05, 0) is 42.8 Å². The molecular weight excluding hydrogens is 418 g/mol. The summed E-state index contributed by atoms with van der Waals surface area (Å²) in [7, 11) is 0. The molecule has 1 heterocycles. The largest absolute Gasteiger partial charge is 0.465 e. The van der Waals surface area contributed by atoms with Crippen molar-refractivity contribution < 1.29 is 19.5 Å². The minimum absolute atomic E-state index is 0.0567. The molecule has 1 aliphatic rings. The van der Waals surface area contributed by atoms with Gasteiger partial charge in [0.25, 0.3) is 5.91 Å². The van der Waals surface area contributed by atoms with Gasteiger partial charge in [0.15, 0.2) is 0 Å². The molecule has 3 rings (SSSR count). The van der Waals surface area contributed by atoms with Crippen LogP contribution in [0.5, 0.6) is 0 Å². The quantitative estimate of drug-likeness (QED) is 0.685. The van der Waals surface area contributed by atoms with Gasteiger partial charge in [0.05, 0.1) is 6.54 Å². The molecule has 2 aromatic carbocycles. The van der Waals surface area contributed by atoms with Crippen molar-refractivity contribution in [2.75, 3.05) is 37.6 Å². The van der Waals surface area contributed by atoms with Crippen molar-refractivity contribution in [2.24, 2.45) is 0 Å². The van der Waals surface area contributed by atoms with Crippen LogP contribution in [-0.2, 0) is 4.79 Å². The van der Waals surface area contributed by atoms with Crippen LogP contribution in [0.15, 0.2) is 54.6 Å². The lowest BCUT2D eigenvalue weighted by Crippen LogP contribution is -2.50. The third-order valence-corrected chi connectivity index (χ3v) is 5.55. The Kier molecular flexibility index (Phi) is 8.48. The summed E-state index contributed by atoms with van der Waals surface area (Å²) in [6, 6.07) is 16.6. The van der Waals surface area contributed by atoms with Gasteiger partial charge in [0.2, 0.25) is 5.91 Å². The third-order valence-electron chi connectivity index (χ3n) is 5.55. The number of nitrogens with zero attached hydrogens (tertiary/aromatic N) is 3. The Morgan fingerprint density at radius 3 is 2.18 bits per heavy atom. The summed E-state index contributed by atoms with van der Waals surface area (Å²) in [4.78, 5) is 41.0. The molecule has 1 aliphatic heterocycles. The van der Waals surface area contributed by atoms with Crippen molar-refractivity contribution in [2.45, 2.75) is 26.2 Å². The maximum absolute atomic E-state index is 12.7. The molecule has 7 nitrogen and oxygen atoms in total. The zero-order valence-corrected chi connectivity index (χ0v) is 18.9. The van der Waals surface area contributed by atoms with Crippen LogP contribution in [0.3, 0.4) is 0 Å². The first-order chi connectivity index (χ1) is 16.0. The van der Waals surface area contributed by atoms with Gasteiger partial charge in [0.1, 0.15) is 0 Å². The van der Waals surface area contributed by atoms with Gasteiger partial charge in [-0.1, -0.05) is 43.4 Å². The summed E-state index contributed by atoms with van der Waals surface area (Å²) < 4.78 is 0. The van der Waals surface area contributed by atoms with Crippen LogP contribution in [0.4, 0.5) is 10.5 Å². The van der Waals surface area contributed by atoms with Crippen molar-refractivity contribution in [3.63, 3.8) is 0 Å². The van der Waals surface area contributed by atoms with Crippen LogP contribution < -0.4 is 4.90 Å². The lowest BCUT2D eigenvalue weighted by molar-refractivity contribution is -0.118. The Morgan fingerprint density at radius 2 is 1.58 bits per heavy atom. The standard InChI is InChI=1S/C26H29N3O4/c1-2-3-11-24(30)29(23-9-5-4-6-10-23)16-7-8-21-12-14-22(15-13-21)25(31)27-17-19-28(20-18-27)26(32)33/h4-6,9-10,12-15H,2-3,11,16-20H2,1H3,(H,32,33). The highest BCUT2D eigenvalue weighted by atomic mass is 16.4. The van der Waals surface area contributed by atoms with Crippen LogP contribution in [0, 0.1) is 11.8 Å². The number of anilines is 1. The van der Waals surface area contributed by atoms with Crippen LogP contribution in [-0.4, -0.2) is 65.5 Å². The normalized spacial score (nSPS) is 13.1. The molecule has 172 valence electrons. The van der Waals surface area contributed by atoms with E-state index >= 15 is 0 Å². The fraction of sp³-hybridized carbons (Fsp3) is 0.346. The van der Waals surface area contributed by atoms with E-state index in [2.05, 4.69) is 18.8 Å². The Hall–Kier alpha value is -3.79. The van der Waals surface area contributed by atoms with Crippen LogP contribution in [0.1, 0.15) is 42.1 Å². The maximum atomic E-state index is 12.7. The SMILES string of the molecule is CCCCC(=O)N(CC#Cc1ccc(C(=O)N2CCN(C(=O)O)CC2)cc1)c1ccccc1. The number of carbonyl (C=O) groups is 3. The second-order valence-electron chi connectivity index (χ2n) is 7.86. The number of amides is 3. The number of unbranched alkanes of at least 4 members (excludes halogenated alkanes) is 1. The average Bonchev–Trinajstić information content (AvgIpc) is 2.85. The molecule has 0 spiro atoms. The lowest BCUT2D eigenvalue weighted by atomic mass is 10.1. The van der Waals surface area contributed by atoms with Gasteiger partial charge in [0, 0.05) is 49.4 Å². The molecule has 7 heteroatoms. The molecule has 1 fully saturated rings. The van der Waals surface area contributed by atoms with Crippen LogP contribution in [0.2, 0.25) is 0 Å². The summed E-state index contributed by atoms with van der Waals surface area (Å²) in [5, 5.41) is 9.04. The van der Waals surface area contributed by atoms with Gasteiger partial charge in [-0.25, -0.2) is 4.79 Å². The molecular formula is C26H29N3O4. The monoisotopic (exact) mass is 447 g/mol. The number of rotatable bonds is 6. The number of carboxylic acid groups (broad SMARTS) is 1. The Labute approximate surface area is 194 Å². The van der Waals surface area contributed by atoms with Crippen molar-refractivity contribution in [3.05, 3.63) is 65.7 Å². The first-order valence-electron chi connectivity index (χ1n) is 11.2. The highest BCUT2D eigenvalue weighted by Gasteiger charge is 2.24. The number of hydrogen-bond donors (Lipinski definition) is 1. The van der Waals surface area contributed by atoms with Gasteiger partial charge in [-0.2, -0.15) is 0 Å². The molecule has 2 aromatic rings. The van der Waals surface area contributed by atoms with Crippen molar-refractivity contribution in [1.29, 1.82) is 0 Å². The molecule has 0 atom stereocenters. The Bertz CT molecular complexity index is 1020. The predicted molar refractivity (Wildman–Crippen MR) is 127 cm³/mol. The fourth-order valence-electron chi connectivity index (χ4n) is 3.59. The topological polar surface area (TPSA) is 81.2 Å². The average molecular weight is 448 g/mol. The second-order valence-corrected chi connectivity index (χ2v) is 7.86. The number of benzene rings is 2. The van der Waals surface area contributed by atoms with E-state index in [1.54, 1.807) is 34.1 Å². The highest BCUT2D eigenvalue weighted by molar-refractivity contribution is 5.95. The van der Waals surface area contributed by atoms with E-state index in [0.717, 1.165) is 24.1 Å². The van der Waals surface area contributed by atoms with Gasteiger partial charge >= 0.3 is 6.09 Å². The molecule has 33 heavy (non-hydrogen) atoms. The van der Waals surface area contributed by atoms with Crippen molar-refractivity contribution in [1.82, 2.24) is 9.80 Å². The molecule has 0 aromatic heterocycles. The smallest absolute Gasteiger partial charge is 0.407 e. The zero-order valence-electron chi connectivity index (χ0n) is 18.9. The first kappa shape index (κ1) is 23.9. The van der Waals surface area contributed by atoms with Gasteiger partial charge < -0.3 is 19.8 Å². The number of hydrogen-bond acceptors (Lipinski definition) is 3. The number of para-hydroxylation sites is 1. The van der Waals surface area contributed by atoms with E-state index in [1.165, 1.54) is 4.90 Å². The lowest BCUT2D eigenvalue weighted by Gasteiger charge is -2.33. The minimum Gasteiger partial charge on any atom is -0.465 e. The molecule has 0 saturated carbocycles. The molecule has 0 bridgehead atoms. The number of piperazine rings is 1. The minimum atomic E-state index is -0.956. The molecule has 0 radical (unpaired) electrons. The predicted octanol–water partition coefficient (Wildman–Crippen LogP) is 3.70. The molecule has 1 N–H and O–H groups in total. The van der Waals surface area contributed by atoms with Gasteiger partial charge in [-0.3, -0.25) is 9.59 Å². The number of carbonyl (C=O) groups excluding carboxylic acids is 2. The van der Waals surface area contributed by atoms with E-state index in [0.29, 0.717) is 44.7 Å². The van der Waals surface area contributed by atoms with Gasteiger partial charge in [-0.15, -0.1) is 0 Å². The van der Waals surface area contributed by atoms with Crippen molar-refractivity contribution >= 4 is 23.6 Å². The summed E-state index contributed by atoms with van der Waals surface area (Å²) >= 11 is 0. The second kappa shape index (κ2) is 11.7. The van der Waals surface area contributed by atoms with Crippen molar-refractivity contribution in [3.8, 4) is 11.8 Å². The van der Waals surface area contributed by atoms with E-state index in [1.807, 2.05) is 30.3 Å². The van der Waals surface area contributed by atoms with E-state index in [4.69, 9.17) is 5.11 Å². The molecule has 0 aliphatic carbocycles. The van der Waals surface area contributed by atoms with Crippen LogP contribution in [0.25, 0.3) is 0 Å². The zero-order chi connectivity index (χ0) is 23.6. The summed E-state index contributed by atoms with van der Waals surface area (Å²) in [6.07, 6.45) is 1.34. The summed E-state index contributed by atoms with van der Waals surface area (Å²) in [5.41, 5.74) is 2.14. The highest BCUT2D eigenvalue weighted by Crippen LogP contribution is 2.15. The van der Waals surface area contributed by atoms with Crippen LogP contribution >= 0.6 is 0 Å².